The number of esters is 1. The molecule has 0 fully saturated rings. The highest BCUT2D eigenvalue weighted by Gasteiger charge is 2.12. The minimum Gasteiger partial charge on any atom is -0.508 e. The number of carboxylic acids is 1. The van der Waals surface area contributed by atoms with E-state index in [0.29, 0.717) is 17.5 Å². The minimum absolute atomic E-state index is 0.0255. The highest BCUT2D eigenvalue weighted by Crippen LogP contribution is 2.30. The number of phenols is 1. The molecule has 0 unspecified atom stereocenters. The van der Waals surface area contributed by atoms with Gasteiger partial charge in [-0.15, -0.1) is 0 Å². The van der Waals surface area contributed by atoms with Crippen LogP contribution in [-0.4, -0.2) is 22.2 Å². The van der Waals surface area contributed by atoms with Crippen LogP contribution in [-0.2, 0) is 22.6 Å². The number of ether oxygens (including phenoxy) is 2. The molecule has 0 heterocycles. The molecular formula is C25H21FO6. The molecule has 3 rings (SSSR count). The maximum atomic E-state index is 13.4. The number of aliphatic carboxylic acids is 1. The van der Waals surface area contributed by atoms with E-state index in [4.69, 9.17) is 14.6 Å². The van der Waals surface area contributed by atoms with Crippen LogP contribution >= 0.6 is 0 Å². The average molecular weight is 436 g/mol. The zero-order valence-corrected chi connectivity index (χ0v) is 17.0. The molecule has 0 bridgehead atoms. The van der Waals surface area contributed by atoms with Crippen LogP contribution in [0, 0.1) is 5.82 Å². The van der Waals surface area contributed by atoms with Crippen molar-refractivity contribution in [3.63, 3.8) is 0 Å². The summed E-state index contributed by atoms with van der Waals surface area (Å²) in [6, 6.07) is 17.1. The highest BCUT2D eigenvalue weighted by atomic mass is 19.1. The molecular weight excluding hydrogens is 415 g/mol. The molecule has 0 atom stereocenters. The van der Waals surface area contributed by atoms with E-state index in [2.05, 4.69) is 0 Å². The summed E-state index contributed by atoms with van der Waals surface area (Å²) in [4.78, 5) is 23.1. The molecule has 0 radical (unpaired) electrons. The van der Waals surface area contributed by atoms with Crippen molar-refractivity contribution in [1.29, 1.82) is 0 Å². The van der Waals surface area contributed by atoms with Gasteiger partial charge in [-0.1, -0.05) is 30.3 Å². The highest BCUT2D eigenvalue weighted by molar-refractivity contribution is 5.85. The number of carbonyl (C=O) groups is 2. The van der Waals surface area contributed by atoms with Gasteiger partial charge in [0.2, 0.25) is 0 Å². The van der Waals surface area contributed by atoms with Crippen molar-refractivity contribution < 1.29 is 33.7 Å². The number of hydrogen-bond acceptors (Lipinski definition) is 5. The van der Waals surface area contributed by atoms with Gasteiger partial charge in [0, 0.05) is 12.5 Å². The fraction of sp³-hybridized carbons (Fsp3) is 0.120. The average Bonchev–Trinajstić information content (AvgIpc) is 2.76. The SMILES string of the molecule is O=C(O)/C=C/c1ccc(OC(=O)CCc2cccc(O)c2)c(OCc2cccc(F)c2)c1. The van der Waals surface area contributed by atoms with E-state index in [1.807, 2.05) is 0 Å². The number of aryl methyl sites for hydroxylation is 1. The molecule has 7 heteroatoms. The van der Waals surface area contributed by atoms with Gasteiger partial charge in [-0.25, -0.2) is 9.18 Å². The Hall–Kier alpha value is -4.13. The molecule has 3 aromatic carbocycles. The number of phenolic OH excluding ortho intramolecular Hbond substituents is 1. The maximum Gasteiger partial charge on any atom is 0.328 e. The van der Waals surface area contributed by atoms with Crippen molar-refractivity contribution in [1.82, 2.24) is 0 Å². The predicted octanol–water partition coefficient (Wildman–Crippen LogP) is 4.75. The van der Waals surface area contributed by atoms with Crippen LogP contribution in [0.15, 0.2) is 72.8 Å². The molecule has 0 saturated heterocycles. The maximum absolute atomic E-state index is 13.4. The standard InChI is InChI=1S/C25H21FO6/c26-20-5-1-4-19(13-20)16-31-23-15-18(8-11-24(28)29)7-10-22(23)32-25(30)12-9-17-3-2-6-21(27)14-17/h1-8,10-11,13-15,27H,9,12,16H2,(H,28,29)/b11-8+. The van der Waals surface area contributed by atoms with Crippen LogP contribution in [0.4, 0.5) is 4.39 Å². The molecule has 0 aromatic heterocycles. The van der Waals surface area contributed by atoms with E-state index in [1.54, 1.807) is 42.5 Å². The lowest BCUT2D eigenvalue weighted by Gasteiger charge is -2.13. The number of benzene rings is 3. The van der Waals surface area contributed by atoms with Crippen molar-refractivity contribution in [3.8, 4) is 17.2 Å². The largest absolute Gasteiger partial charge is 0.508 e. The summed E-state index contributed by atoms with van der Waals surface area (Å²) in [5, 5.41) is 18.4. The molecule has 32 heavy (non-hydrogen) atoms. The van der Waals surface area contributed by atoms with Gasteiger partial charge < -0.3 is 19.7 Å². The summed E-state index contributed by atoms with van der Waals surface area (Å²) >= 11 is 0. The van der Waals surface area contributed by atoms with Crippen LogP contribution < -0.4 is 9.47 Å². The van der Waals surface area contributed by atoms with E-state index in [9.17, 15) is 19.1 Å². The van der Waals surface area contributed by atoms with Gasteiger partial charge in [-0.2, -0.15) is 0 Å². The van der Waals surface area contributed by atoms with Crippen molar-refractivity contribution in [2.24, 2.45) is 0 Å². The number of hydrogen-bond donors (Lipinski definition) is 2. The number of aromatic hydroxyl groups is 1. The second kappa shape index (κ2) is 10.8. The smallest absolute Gasteiger partial charge is 0.328 e. The van der Waals surface area contributed by atoms with Gasteiger partial charge >= 0.3 is 11.9 Å². The van der Waals surface area contributed by atoms with E-state index in [0.717, 1.165) is 11.6 Å². The van der Waals surface area contributed by atoms with Gasteiger partial charge in [0.15, 0.2) is 11.5 Å². The van der Waals surface area contributed by atoms with Crippen LogP contribution in [0.2, 0.25) is 0 Å². The van der Waals surface area contributed by atoms with Gasteiger partial charge in [0.1, 0.15) is 18.2 Å². The molecule has 6 nitrogen and oxygen atoms in total. The first-order chi connectivity index (χ1) is 15.4. The second-order valence-electron chi connectivity index (χ2n) is 6.94. The van der Waals surface area contributed by atoms with Crippen molar-refractivity contribution in [2.75, 3.05) is 0 Å². The first-order valence-corrected chi connectivity index (χ1v) is 9.80. The Morgan fingerprint density at radius 1 is 0.938 bits per heavy atom. The minimum atomic E-state index is -1.10. The Kier molecular flexibility index (Phi) is 7.59. The van der Waals surface area contributed by atoms with Crippen molar-refractivity contribution in [3.05, 3.63) is 95.3 Å². The zero-order valence-electron chi connectivity index (χ0n) is 17.0. The third-order valence-electron chi connectivity index (χ3n) is 4.42. The van der Waals surface area contributed by atoms with Crippen LogP contribution in [0.3, 0.4) is 0 Å². The van der Waals surface area contributed by atoms with E-state index in [-0.39, 0.29) is 30.3 Å². The van der Waals surface area contributed by atoms with Crippen molar-refractivity contribution >= 4 is 18.0 Å². The van der Waals surface area contributed by atoms with Gasteiger partial charge in [-0.3, -0.25) is 4.79 Å². The zero-order chi connectivity index (χ0) is 22.9. The lowest BCUT2D eigenvalue weighted by atomic mass is 10.1. The Morgan fingerprint density at radius 2 is 1.72 bits per heavy atom. The first-order valence-electron chi connectivity index (χ1n) is 9.80. The summed E-state index contributed by atoms with van der Waals surface area (Å²) in [7, 11) is 0. The lowest BCUT2D eigenvalue weighted by Crippen LogP contribution is -2.10. The summed E-state index contributed by atoms with van der Waals surface area (Å²) in [6.07, 6.45) is 2.82. The molecule has 164 valence electrons. The summed E-state index contributed by atoms with van der Waals surface area (Å²) < 4.78 is 24.6. The van der Waals surface area contributed by atoms with Crippen LogP contribution in [0.25, 0.3) is 6.08 Å². The van der Waals surface area contributed by atoms with Gasteiger partial charge in [0.25, 0.3) is 0 Å². The number of carbonyl (C=O) groups excluding carboxylic acids is 1. The molecule has 0 aliphatic carbocycles. The van der Waals surface area contributed by atoms with E-state index < -0.39 is 17.8 Å². The van der Waals surface area contributed by atoms with Crippen LogP contribution in [0.5, 0.6) is 17.2 Å². The topological polar surface area (TPSA) is 93.1 Å². The predicted molar refractivity (Wildman–Crippen MR) is 116 cm³/mol. The summed E-state index contributed by atoms with van der Waals surface area (Å²) in [6.45, 7) is 0.0255. The van der Waals surface area contributed by atoms with Crippen LogP contribution in [0.1, 0.15) is 23.1 Å². The Morgan fingerprint density at radius 3 is 2.47 bits per heavy atom. The Labute approximate surface area is 184 Å². The Balaban J connectivity index is 1.73. The number of carboxylic acid groups (broad SMARTS) is 1. The summed E-state index contributed by atoms with van der Waals surface area (Å²) in [5.74, 6) is -1.51. The molecule has 2 N–H and O–H groups in total. The second-order valence-corrected chi connectivity index (χ2v) is 6.94. The fourth-order valence-electron chi connectivity index (χ4n) is 2.91. The third kappa shape index (κ3) is 6.98. The Bertz CT molecular complexity index is 1140. The molecule has 0 saturated carbocycles. The third-order valence-corrected chi connectivity index (χ3v) is 4.42. The molecule has 3 aromatic rings. The monoisotopic (exact) mass is 436 g/mol. The number of rotatable bonds is 9. The molecule has 0 aliphatic rings. The number of halogens is 1. The van der Waals surface area contributed by atoms with Gasteiger partial charge in [0.05, 0.1) is 0 Å². The molecule has 0 spiro atoms. The normalized spacial score (nSPS) is 10.8. The summed E-state index contributed by atoms with van der Waals surface area (Å²) in [5.41, 5.74) is 1.90. The fourth-order valence-corrected chi connectivity index (χ4v) is 2.91. The van der Waals surface area contributed by atoms with E-state index in [1.165, 1.54) is 30.3 Å². The van der Waals surface area contributed by atoms with E-state index >= 15 is 0 Å². The van der Waals surface area contributed by atoms with Crippen molar-refractivity contribution in [2.45, 2.75) is 19.4 Å². The quantitative estimate of drug-likeness (QED) is 0.286. The molecule has 0 amide bonds. The van der Waals surface area contributed by atoms with Gasteiger partial charge in [-0.05, 0) is 65.6 Å². The molecule has 0 aliphatic heterocycles. The lowest BCUT2D eigenvalue weighted by molar-refractivity contribution is -0.134. The first kappa shape index (κ1) is 22.6.